The Hall–Kier alpha value is -1.76. The number of hydrogen-bond acceptors (Lipinski definition) is 4. The maximum absolute atomic E-state index is 13.0. The van der Waals surface area contributed by atoms with E-state index < -0.39 is 0 Å². The molecular formula is C18H17ClFNO3S. The fourth-order valence-corrected chi connectivity index (χ4v) is 3.73. The Morgan fingerprint density at radius 3 is 2.64 bits per heavy atom. The van der Waals surface area contributed by atoms with Gasteiger partial charge in [-0.15, -0.1) is 11.3 Å². The van der Waals surface area contributed by atoms with Crippen molar-refractivity contribution in [1.29, 1.82) is 0 Å². The van der Waals surface area contributed by atoms with Gasteiger partial charge in [-0.05, 0) is 29.8 Å². The molecule has 25 heavy (non-hydrogen) atoms. The fourth-order valence-electron chi connectivity index (χ4n) is 2.72. The standard InChI is InChI=1S/C18H17ClFNO3S/c19-17-7-6-16(25-17)14(22)5-8-18(23)21-9-10-24-15(11-21)12-1-3-13(20)4-2-12/h1-4,6-7,15H,5,8-11H2. The number of Topliss-reactive ketones (excluding diaryl/α,β-unsaturated/α-hetero) is 1. The lowest BCUT2D eigenvalue weighted by Crippen LogP contribution is -2.42. The molecule has 1 aromatic carbocycles. The van der Waals surface area contributed by atoms with Crippen molar-refractivity contribution in [2.75, 3.05) is 19.7 Å². The summed E-state index contributed by atoms with van der Waals surface area (Å²) in [7, 11) is 0. The predicted octanol–water partition coefficient (Wildman–Crippen LogP) is 4.10. The Balaban J connectivity index is 1.54. The first-order valence-corrected chi connectivity index (χ1v) is 9.16. The number of carbonyl (C=O) groups excluding carboxylic acids is 2. The number of ketones is 1. The third-order valence-electron chi connectivity index (χ3n) is 4.07. The van der Waals surface area contributed by atoms with Gasteiger partial charge in [0, 0.05) is 19.4 Å². The molecule has 1 aliphatic heterocycles. The summed E-state index contributed by atoms with van der Waals surface area (Å²) in [6.45, 7) is 1.32. The lowest BCUT2D eigenvalue weighted by Gasteiger charge is -2.33. The Labute approximate surface area is 154 Å². The second kappa shape index (κ2) is 8.08. The summed E-state index contributed by atoms with van der Waals surface area (Å²) in [5, 5.41) is 0. The average Bonchev–Trinajstić information content (AvgIpc) is 3.06. The number of nitrogens with zero attached hydrogens (tertiary/aromatic N) is 1. The summed E-state index contributed by atoms with van der Waals surface area (Å²) in [6, 6.07) is 9.44. The molecule has 1 saturated heterocycles. The van der Waals surface area contributed by atoms with E-state index in [4.69, 9.17) is 16.3 Å². The van der Waals surface area contributed by atoms with Crippen LogP contribution in [0.3, 0.4) is 0 Å². The minimum absolute atomic E-state index is 0.0754. The highest BCUT2D eigenvalue weighted by atomic mass is 35.5. The summed E-state index contributed by atoms with van der Waals surface area (Å²) in [5.41, 5.74) is 0.836. The molecule has 0 spiro atoms. The molecule has 7 heteroatoms. The van der Waals surface area contributed by atoms with Crippen molar-refractivity contribution in [2.24, 2.45) is 0 Å². The number of rotatable bonds is 5. The van der Waals surface area contributed by atoms with E-state index in [2.05, 4.69) is 0 Å². The van der Waals surface area contributed by atoms with Gasteiger partial charge in [0.25, 0.3) is 0 Å². The number of carbonyl (C=O) groups is 2. The van der Waals surface area contributed by atoms with Crippen LogP contribution < -0.4 is 0 Å². The normalized spacial score (nSPS) is 17.5. The lowest BCUT2D eigenvalue weighted by atomic mass is 10.1. The first-order valence-electron chi connectivity index (χ1n) is 7.96. The molecule has 1 amide bonds. The van der Waals surface area contributed by atoms with E-state index in [0.29, 0.717) is 28.9 Å². The number of halogens is 2. The molecule has 0 radical (unpaired) electrons. The highest BCUT2D eigenvalue weighted by Crippen LogP contribution is 2.25. The van der Waals surface area contributed by atoms with E-state index in [-0.39, 0.29) is 36.5 Å². The van der Waals surface area contributed by atoms with E-state index in [1.807, 2.05) is 0 Å². The summed E-state index contributed by atoms with van der Waals surface area (Å²) in [4.78, 5) is 26.8. The van der Waals surface area contributed by atoms with Gasteiger partial charge in [0.2, 0.25) is 5.91 Å². The van der Waals surface area contributed by atoms with Crippen LogP contribution in [-0.2, 0) is 9.53 Å². The molecule has 1 aliphatic rings. The van der Waals surface area contributed by atoms with Gasteiger partial charge >= 0.3 is 0 Å². The van der Waals surface area contributed by atoms with Crippen molar-refractivity contribution in [3.63, 3.8) is 0 Å². The van der Waals surface area contributed by atoms with Crippen LogP contribution in [0.25, 0.3) is 0 Å². The van der Waals surface area contributed by atoms with Crippen molar-refractivity contribution in [1.82, 2.24) is 4.90 Å². The summed E-state index contributed by atoms with van der Waals surface area (Å²) < 4.78 is 19.3. The maximum atomic E-state index is 13.0. The van der Waals surface area contributed by atoms with Gasteiger partial charge in [-0.25, -0.2) is 4.39 Å². The van der Waals surface area contributed by atoms with Gasteiger partial charge in [0.1, 0.15) is 11.9 Å². The Kier molecular flexibility index (Phi) is 5.83. The van der Waals surface area contributed by atoms with E-state index in [0.717, 1.165) is 5.56 Å². The summed E-state index contributed by atoms with van der Waals surface area (Å²) >= 11 is 7.05. The highest BCUT2D eigenvalue weighted by Gasteiger charge is 2.25. The van der Waals surface area contributed by atoms with Gasteiger partial charge in [-0.1, -0.05) is 23.7 Å². The third-order valence-corrected chi connectivity index (χ3v) is 5.35. The second-order valence-electron chi connectivity index (χ2n) is 5.78. The van der Waals surface area contributed by atoms with E-state index >= 15 is 0 Å². The number of hydrogen-bond donors (Lipinski definition) is 0. The topological polar surface area (TPSA) is 46.6 Å². The van der Waals surface area contributed by atoms with Crippen LogP contribution in [0.4, 0.5) is 4.39 Å². The monoisotopic (exact) mass is 381 g/mol. The second-order valence-corrected chi connectivity index (χ2v) is 7.49. The third kappa shape index (κ3) is 4.66. The van der Waals surface area contributed by atoms with Crippen molar-refractivity contribution in [3.05, 3.63) is 57.0 Å². The Morgan fingerprint density at radius 1 is 1.20 bits per heavy atom. The van der Waals surface area contributed by atoms with Gasteiger partial charge < -0.3 is 9.64 Å². The summed E-state index contributed by atoms with van der Waals surface area (Å²) in [6.07, 6.45) is 0.0451. The molecule has 1 atom stereocenters. The molecule has 0 bridgehead atoms. The molecule has 0 saturated carbocycles. The van der Waals surface area contributed by atoms with Crippen LogP contribution in [-0.4, -0.2) is 36.3 Å². The predicted molar refractivity (Wildman–Crippen MR) is 94.6 cm³/mol. The molecule has 0 aliphatic carbocycles. The zero-order chi connectivity index (χ0) is 17.8. The SMILES string of the molecule is O=C(CCC(=O)N1CCOC(c2ccc(F)cc2)C1)c1ccc(Cl)s1. The zero-order valence-electron chi connectivity index (χ0n) is 13.4. The Morgan fingerprint density at radius 2 is 1.96 bits per heavy atom. The molecule has 1 unspecified atom stereocenters. The number of benzene rings is 1. The maximum Gasteiger partial charge on any atom is 0.223 e. The molecule has 132 valence electrons. The lowest BCUT2D eigenvalue weighted by molar-refractivity contribution is -0.139. The van der Waals surface area contributed by atoms with E-state index in [9.17, 15) is 14.0 Å². The smallest absolute Gasteiger partial charge is 0.223 e. The summed E-state index contributed by atoms with van der Waals surface area (Å²) in [5.74, 6) is -0.459. The first kappa shape index (κ1) is 18.0. The van der Waals surface area contributed by atoms with Gasteiger partial charge in [0.15, 0.2) is 5.78 Å². The molecule has 1 fully saturated rings. The minimum atomic E-state index is -0.306. The van der Waals surface area contributed by atoms with Crippen molar-refractivity contribution < 1.29 is 18.7 Å². The van der Waals surface area contributed by atoms with Gasteiger partial charge in [-0.3, -0.25) is 9.59 Å². The van der Waals surface area contributed by atoms with Crippen LogP contribution >= 0.6 is 22.9 Å². The van der Waals surface area contributed by atoms with Crippen LogP contribution in [0.1, 0.15) is 34.2 Å². The van der Waals surface area contributed by atoms with Crippen LogP contribution in [0.15, 0.2) is 36.4 Å². The van der Waals surface area contributed by atoms with Gasteiger partial charge in [0.05, 0.1) is 22.4 Å². The molecule has 0 N–H and O–H groups in total. The van der Waals surface area contributed by atoms with Crippen molar-refractivity contribution >= 4 is 34.6 Å². The van der Waals surface area contributed by atoms with Crippen LogP contribution in [0.5, 0.6) is 0 Å². The molecular weight excluding hydrogens is 365 g/mol. The molecule has 1 aromatic heterocycles. The number of morpholine rings is 1. The van der Waals surface area contributed by atoms with Gasteiger partial charge in [-0.2, -0.15) is 0 Å². The molecule has 3 rings (SSSR count). The largest absolute Gasteiger partial charge is 0.370 e. The molecule has 4 nitrogen and oxygen atoms in total. The highest BCUT2D eigenvalue weighted by molar-refractivity contribution is 7.18. The van der Waals surface area contributed by atoms with Crippen LogP contribution in [0.2, 0.25) is 4.34 Å². The van der Waals surface area contributed by atoms with E-state index in [1.54, 1.807) is 29.2 Å². The minimum Gasteiger partial charge on any atom is -0.370 e. The van der Waals surface area contributed by atoms with E-state index in [1.165, 1.54) is 23.5 Å². The molecule has 2 heterocycles. The van der Waals surface area contributed by atoms with Crippen LogP contribution in [0, 0.1) is 5.82 Å². The zero-order valence-corrected chi connectivity index (χ0v) is 15.0. The Bertz CT molecular complexity index is 762. The number of ether oxygens (including phenoxy) is 1. The van der Waals surface area contributed by atoms with Crippen molar-refractivity contribution in [3.8, 4) is 0 Å². The number of thiophene rings is 1. The fraction of sp³-hybridized carbons (Fsp3) is 0.333. The first-order chi connectivity index (χ1) is 12.0. The molecule has 2 aromatic rings. The number of amides is 1. The quantitative estimate of drug-likeness (QED) is 0.732. The average molecular weight is 382 g/mol. The van der Waals surface area contributed by atoms with Crippen molar-refractivity contribution in [2.45, 2.75) is 18.9 Å².